The van der Waals surface area contributed by atoms with Crippen molar-refractivity contribution in [2.24, 2.45) is 0 Å². The highest BCUT2D eigenvalue weighted by atomic mass is 16.3. The lowest BCUT2D eigenvalue weighted by molar-refractivity contribution is 0.667. The molecule has 3 heterocycles. The van der Waals surface area contributed by atoms with Gasteiger partial charge in [0.25, 0.3) is 0 Å². The molecule has 9 rings (SSSR count). The Labute approximate surface area is 247 Å². The first kappa shape index (κ1) is 23.8. The molecule has 0 atom stereocenters. The van der Waals surface area contributed by atoms with Crippen molar-refractivity contribution >= 4 is 71.6 Å². The van der Waals surface area contributed by atoms with Crippen LogP contribution in [-0.4, -0.2) is 9.55 Å². The second-order valence-electron chi connectivity index (χ2n) is 10.9. The Morgan fingerprint density at radius 2 is 1.30 bits per heavy atom. The third kappa shape index (κ3) is 3.67. The van der Waals surface area contributed by atoms with Crippen LogP contribution in [0.4, 0.5) is 17.1 Å². The molecule has 0 N–H and O–H groups in total. The Kier molecular flexibility index (Phi) is 5.16. The van der Waals surface area contributed by atoms with Gasteiger partial charge in [0.15, 0.2) is 5.58 Å². The molecule has 43 heavy (non-hydrogen) atoms. The summed E-state index contributed by atoms with van der Waals surface area (Å²) in [6.45, 7) is 0. The minimum atomic E-state index is 0.793. The van der Waals surface area contributed by atoms with E-state index in [-0.39, 0.29) is 0 Å². The number of benzene rings is 6. The van der Waals surface area contributed by atoms with E-state index >= 15 is 0 Å². The quantitative estimate of drug-likeness (QED) is 0.218. The normalized spacial score (nSPS) is 11.7. The molecule has 0 unspecified atom stereocenters. The molecule has 0 saturated carbocycles. The maximum Gasteiger partial charge on any atom is 0.153 e. The maximum atomic E-state index is 6.09. The first-order chi connectivity index (χ1) is 21.3. The lowest BCUT2D eigenvalue weighted by Gasteiger charge is -2.26. The van der Waals surface area contributed by atoms with E-state index in [1.165, 1.54) is 32.6 Å². The molecule has 0 radical (unpaired) electrons. The minimum absolute atomic E-state index is 0.793. The highest BCUT2D eigenvalue weighted by Gasteiger charge is 2.18. The Bertz CT molecular complexity index is 2470. The molecular weight excluding hydrogens is 526 g/mol. The van der Waals surface area contributed by atoms with Gasteiger partial charge in [0.2, 0.25) is 0 Å². The predicted octanol–water partition coefficient (Wildman–Crippen LogP) is 10.7. The van der Waals surface area contributed by atoms with Gasteiger partial charge in [-0.3, -0.25) is 4.98 Å². The summed E-state index contributed by atoms with van der Waals surface area (Å²) in [5.74, 6) is 0. The van der Waals surface area contributed by atoms with E-state index < -0.39 is 0 Å². The predicted molar refractivity (Wildman–Crippen MR) is 178 cm³/mol. The van der Waals surface area contributed by atoms with Crippen molar-refractivity contribution in [2.45, 2.75) is 0 Å². The minimum Gasteiger partial charge on any atom is -0.454 e. The number of para-hydroxylation sites is 2. The lowest BCUT2D eigenvalue weighted by Crippen LogP contribution is -2.10. The number of rotatable bonds is 4. The standard InChI is InChI=1S/C39H25N3O/c1-2-10-27(11-3-1)41(30-18-20-37-34(24-30)32-21-22-40-25-38(32)43-37)28-12-8-13-29(23-28)42-35-16-7-6-15-33(35)39-31-14-5-4-9-26(31)17-19-36(39)42/h1-25H. The highest BCUT2D eigenvalue weighted by Crippen LogP contribution is 2.41. The third-order valence-corrected chi connectivity index (χ3v) is 8.44. The molecule has 9 aromatic rings. The summed E-state index contributed by atoms with van der Waals surface area (Å²) in [7, 11) is 0. The first-order valence-electron chi connectivity index (χ1n) is 14.5. The molecule has 6 aromatic carbocycles. The Hall–Kier alpha value is -5.87. The van der Waals surface area contributed by atoms with Crippen LogP contribution in [-0.2, 0) is 0 Å². The fourth-order valence-electron chi connectivity index (χ4n) is 6.57. The van der Waals surface area contributed by atoms with Gasteiger partial charge in [0, 0.05) is 50.5 Å². The second kappa shape index (κ2) is 9.33. The summed E-state index contributed by atoms with van der Waals surface area (Å²) in [6, 6.07) is 49.6. The topological polar surface area (TPSA) is 34.2 Å². The van der Waals surface area contributed by atoms with Crippen molar-refractivity contribution in [1.82, 2.24) is 9.55 Å². The number of anilines is 3. The van der Waals surface area contributed by atoms with Gasteiger partial charge < -0.3 is 13.9 Å². The van der Waals surface area contributed by atoms with Crippen molar-refractivity contribution in [2.75, 3.05) is 4.90 Å². The smallest absolute Gasteiger partial charge is 0.153 e. The van der Waals surface area contributed by atoms with Crippen LogP contribution in [0, 0.1) is 0 Å². The average molecular weight is 552 g/mol. The van der Waals surface area contributed by atoms with E-state index in [0.29, 0.717) is 0 Å². The van der Waals surface area contributed by atoms with E-state index in [4.69, 9.17) is 4.42 Å². The van der Waals surface area contributed by atoms with E-state index in [1.807, 2.05) is 12.3 Å². The van der Waals surface area contributed by atoms with Crippen molar-refractivity contribution in [3.05, 3.63) is 152 Å². The molecular formula is C39H25N3O. The molecule has 0 aliphatic heterocycles. The number of nitrogens with zero attached hydrogens (tertiary/aromatic N) is 3. The monoisotopic (exact) mass is 551 g/mol. The van der Waals surface area contributed by atoms with Crippen molar-refractivity contribution in [3.8, 4) is 5.69 Å². The molecule has 4 nitrogen and oxygen atoms in total. The van der Waals surface area contributed by atoms with Gasteiger partial charge in [0.1, 0.15) is 5.58 Å². The summed E-state index contributed by atoms with van der Waals surface area (Å²) in [4.78, 5) is 6.56. The summed E-state index contributed by atoms with van der Waals surface area (Å²) in [5, 5.41) is 7.19. The average Bonchev–Trinajstić information content (AvgIpc) is 3.61. The summed E-state index contributed by atoms with van der Waals surface area (Å²) in [6.07, 6.45) is 3.60. The molecule has 0 amide bonds. The number of furan rings is 1. The molecule has 0 bridgehead atoms. The van der Waals surface area contributed by atoms with E-state index in [2.05, 4.69) is 148 Å². The zero-order valence-electron chi connectivity index (χ0n) is 23.2. The second-order valence-corrected chi connectivity index (χ2v) is 10.9. The zero-order valence-corrected chi connectivity index (χ0v) is 23.2. The van der Waals surface area contributed by atoms with E-state index in [1.54, 1.807) is 6.20 Å². The van der Waals surface area contributed by atoms with Gasteiger partial charge >= 0.3 is 0 Å². The fraction of sp³-hybridized carbons (Fsp3) is 0. The molecule has 202 valence electrons. The molecule has 3 aromatic heterocycles. The molecule has 4 heteroatoms. The van der Waals surface area contributed by atoms with Crippen molar-refractivity contribution < 1.29 is 4.42 Å². The molecule has 0 aliphatic carbocycles. The molecule has 0 spiro atoms. The first-order valence-corrected chi connectivity index (χ1v) is 14.5. The SMILES string of the molecule is c1ccc(N(c2cccc(-n3c4ccccc4c4c5ccccc5ccc43)c2)c2ccc3oc4cnccc4c3c2)cc1. The fourth-order valence-corrected chi connectivity index (χ4v) is 6.57. The van der Waals surface area contributed by atoms with E-state index in [0.717, 1.165) is 44.7 Å². The Morgan fingerprint density at radius 1 is 0.512 bits per heavy atom. The van der Waals surface area contributed by atoms with Crippen molar-refractivity contribution in [1.29, 1.82) is 0 Å². The summed E-state index contributed by atoms with van der Waals surface area (Å²) >= 11 is 0. The molecule has 0 saturated heterocycles. The van der Waals surface area contributed by atoms with Crippen LogP contribution >= 0.6 is 0 Å². The third-order valence-electron chi connectivity index (χ3n) is 8.44. The Balaban J connectivity index is 1.28. The van der Waals surface area contributed by atoms with Gasteiger partial charge in [-0.1, -0.05) is 72.8 Å². The van der Waals surface area contributed by atoms with Crippen LogP contribution in [0.2, 0.25) is 0 Å². The number of pyridine rings is 1. The highest BCUT2D eigenvalue weighted by molar-refractivity contribution is 6.21. The van der Waals surface area contributed by atoms with Gasteiger partial charge in [0.05, 0.1) is 17.2 Å². The van der Waals surface area contributed by atoms with Crippen molar-refractivity contribution in [3.63, 3.8) is 0 Å². The summed E-state index contributed by atoms with van der Waals surface area (Å²) < 4.78 is 8.49. The van der Waals surface area contributed by atoms with E-state index in [9.17, 15) is 0 Å². The molecule has 0 fully saturated rings. The van der Waals surface area contributed by atoms with Crippen LogP contribution in [0.1, 0.15) is 0 Å². The summed E-state index contributed by atoms with van der Waals surface area (Å²) in [5.41, 5.74) is 8.36. The lowest BCUT2D eigenvalue weighted by atomic mass is 10.0. The Morgan fingerprint density at radius 3 is 2.23 bits per heavy atom. The molecule has 0 aliphatic rings. The number of hydrogen-bond acceptors (Lipinski definition) is 3. The maximum absolute atomic E-state index is 6.09. The zero-order chi connectivity index (χ0) is 28.3. The van der Waals surface area contributed by atoms with Crippen LogP contribution in [0.5, 0.6) is 0 Å². The van der Waals surface area contributed by atoms with Gasteiger partial charge in [-0.05, 0) is 77.5 Å². The van der Waals surface area contributed by atoms with Crippen LogP contribution in [0.3, 0.4) is 0 Å². The number of hydrogen-bond donors (Lipinski definition) is 0. The van der Waals surface area contributed by atoms with Crippen LogP contribution in [0.25, 0.3) is 60.2 Å². The van der Waals surface area contributed by atoms with Gasteiger partial charge in [-0.25, -0.2) is 0 Å². The van der Waals surface area contributed by atoms with Gasteiger partial charge in [-0.2, -0.15) is 0 Å². The van der Waals surface area contributed by atoms with Crippen LogP contribution in [0.15, 0.2) is 156 Å². The number of aromatic nitrogens is 2. The largest absolute Gasteiger partial charge is 0.454 e. The van der Waals surface area contributed by atoms with Gasteiger partial charge in [-0.15, -0.1) is 0 Å². The van der Waals surface area contributed by atoms with Crippen LogP contribution < -0.4 is 4.90 Å². The number of fused-ring (bicyclic) bond motifs is 8.